The van der Waals surface area contributed by atoms with E-state index in [0.717, 1.165) is 5.56 Å². The zero-order valence-corrected chi connectivity index (χ0v) is 16.2. The number of furan rings is 1. The molecule has 5 rings (SSSR count). The summed E-state index contributed by atoms with van der Waals surface area (Å²) < 4.78 is 5.61. The SMILES string of the molecule is Cc1ccc(N2C(=O)C3ON(c4ccc(Cl)cc4)C(c4ccco4)C3C2=O)cc1. The van der Waals surface area contributed by atoms with Crippen molar-refractivity contribution in [1.29, 1.82) is 0 Å². The largest absolute Gasteiger partial charge is 0.467 e. The summed E-state index contributed by atoms with van der Waals surface area (Å²) >= 11 is 6.00. The number of anilines is 2. The molecule has 2 aromatic carbocycles. The third kappa shape index (κ3) is 2.84. The fraction of sp³-hybridized carbons (Fsp3) is 0.182. The van der Waals surface area contributed by atoms with Crippen LogP contribution < -0.4 is 9.96 Å². The van der Waals surface area contributed by atoms with E-state index >= 15 is 0 Å². The Hall–Kier alpha value is -3.09. The first-order valence-corrected chi connectivity index (χ1v) is 9.62. The predicted octanol–water partition coefficient (Wildman–Crippen LogP) is 4.29. The number of benzene rings is 2. The van der Waals surface area contributed by atoms with Crippen molar-refractivity contribution in [2.75, 3.05) is 9.96 Å². The van der Waals surface area contributed by atoms with Crippen LogP contribution in [0.1, 0.15) is 17.4 Å². The van der Waals surface area contributed by atoms with Crippen LogP contribution in [-0.4, -0.2) is 17.9 Å². The van der Waals surface area contributed by atoms with Gasteiger partial charge in [0, 0.05) is 5.02 Å². The van der Waals surface area contributed by atoms with Crippen LogP contribution in [0.25, 0.3) is 0 Å². The second kappa shape index (κ2) is 6.76. The van der Waals surface area contributed by atoms with Crippen LogP contribution in [0.3, 0.4) is 0 Å². The van der Waals surface area contributed by atoms with Crippen molar-refractivity contribution in [3.8, 4) is 0 Å². The van der Waals surface area contributed by atoms with Crippen LogP contribution in [0, 0.1) is 12.8 Å². The molecule has 0 radical (unpaired) electrons. The Bertz CT molecular complexity index is 1060. The van der Waals surface area contributed by atoms with Gasteiger partial charge in [0.25, 0.3) is 5.91 Å². The molecule has 3 heterocycles. The number of carbonyl (C=O) groups is 2. The number of imide groups is 1. The maximum absolute atomic E-state index is 13.4. The summed E-state index contributed by atoms with van der Waals surface area (Å²) in [6, 6.07) is 17.3. The minimum atomic E-state index is -0.922. The highest BCUT2D eigenvalue weighted by Crippen LogP contribution is 2.47. The van der Waals surface area contributed by atoms with E-state index in [0.29, 0.717) is 22.2 Å². The van der Waals surface area contributed by atoms with Gasteiger partial charge in [-0.05, 0) is 55.5 Å². The zero-order valence-electron chi connectivity index (χ0n) is 15.5. The van der Waals surface area contributed by atoms with Crippen LogP contribution in [-0.2, 0) is 14.4 Å². The van der Waals surface area contributed by atoms with Gasteiger partial charge in [-0.3, -0.25) is 14.4 Å². The number of carbonyl (C=O) groups excluding carboxylic acids is 2. The molecule has 3 unspecified atom stereocenters. The summed E-state index contributed by atoms with van der Waals surface area (Å²) in [6.07, 6.45) is 0.622. The van der Waals surface area contributed by atoms with Crippen molar-refractivity contribution in [2.24, 2.45) is 5.92 Å². The molecule has 2 aliphatic heterocycles. The van der Waals surface area contributed by atoms with Crippen LogP contribution in [0.5, 0.6) is 0 Å². The first-order chi connectivity index (χ1) is 14.0. The first kappa shape index (κ1) is 18.0. The molecule has 2 saturated heterocycles. The van der Waals surface area contributed by atoms with Crippen molar-refractivity contribution in [3.05, 3.63) is 83.3 Å². The minimum Gasteiger partial charge on any atom is -0.467 e. The number of hydroxylamine groups is 1. The van der Waals surface area contributed by atoms with E-state index in [1.165, 1.54) is 4.90 Å². The lowest BCUT2D eigenvalue weighted by molar-refractivity contribution is -0.126. The minimum absolute atomic E-state index is 0.304. The third-order valence-corrected chi connectivity index (χ3v) is 5.58. The van der Waals surface area contributed by atoms with Crippen molar-refractivity contribution < 1.29 is 18.8 Å². The zero-order chi connectivity index (χ0) is 20.1. The average Bonchev–Trinajstić information content (AvgIpc) is 3.41. The van der Waals surface area contributed by atoms with E-state index < -0.39 is 18.1 Å². The van der Waals surface area contributed by atoms with E-state index in [-0.39, 0.29) is 11.8 Å². The predicted molar refractivity (Wildman–Crippen MR) is 107 cm³/mol. The molecule has 0 saturated carbocycles. The summed E-state index contributed by atoms with van der Waals surface area (Å²) in [4.78, 5) is 33.7. The molecule has 0 bridgehead atoms. The van der Waals surface area contributed by atoms with Gasteiger partial charge >= 0.3 is 0 Å². The smallest absolute Gasteiger partial charge is 0.266 e. The second-order valence-electron chi connectivity index (χ2n) is 7.16. The number of hydrogen-bond acceptors (Lipinski definition) is 5. The summed E-state index contributed by atoms with van der Waals surface area (Å²) in [7, 11) is 0. The van der Waals surface area contributed by atoms with Gasteiger partial charge in [0.05, 0.1) is 17.6 Å². The molecule has 3 atom stereocenters. The van der Waals surface area contributed by atoms with Gasteiger partial charge in [-0.25, -0.2) is 9.96 Å². The molecule has 2 amide bonds. The first-order valence-electron chi connectivity index (χ1n) is 9.24. The van der Waals surface area contributed by atoms with Gasteiger partial charge in [-0.1, -0.05) is 29.3 Å². The monoisotopic (exact) mass is 408 g/mol. The van der Waals surface area contributed by atoms with Crippen molar-refractivity contribution in [3.63, 3.8) is 0 Å². The molecule has 0 spiro atoms. The Morgan fingerprint density at radius 2 is 1.59 bits per heavy atom. The van der Waals surface area contributed by atoms with Crippen molar-refractivity contribution >= 4 is 34.8 Å². The number of halogens is 1. The molecule has 2 aliphatic rings. The molecule has 0 N–H and O–H groups in total. The maximum Gasteiger partial charge on any atom is 0.266 e. The molecule has 2 fully saturated rings. The lowest BCUT2D eigenvalue weighted by Gasteiger charge is -2.27. The quantitative estimate of drug-likeness (QED) is 0.605. The normalized spacial score (nSPS) is 23.7. The van der Waals surface area contributed by atoms with Crippen LogP contribution >= 0.6 is 11.6 Å². The average molecular weight is 409 g/mol. The van der Waals surface area contributed by atoms with Crippen LogP contribution in [0.15, 0.2) is 71.3 Å². The molecular weight excluding hydrogens is 392 g/mol. The third-order valence-electron chi connectivity index (χ3n) is 5.32. The Morgan fingerprint density at radius 3 is 2.24 bits per heavy atom. The van der Waals surface area contributed by atoms with Gasteiger partial charge in [0.1, 0.15) is 17.7 Å². The fourth-order valence-corrected chi connectivity index (χ4v) is 4.05. The molecule has 29 heavy (non-hydrogen) atoms. The standard InChI is InChI=1S/C22H17ClN2O4/c1-13-4-8-15(9-5-13)24-21(26)18-19(17-3-2-12-28-17)25(29-20(18)22(24)27)16-10-6-14(23)7-11-16/h2-12,18-20H,1H3. The van der Waals surface area contributed by atoms with E-state index in [1.54, 1.807) is 59.9 Å². The van der Waals surface area contributed by atoms with Crippen molar-refractivity contribution in [1.82, 2.24) is 0 Å². The second-order valence-corrected chi connectivity index (χ2v) is 7.60. The number of nitrogens with zero attached hydrogens (tertiary/aromatic N) is 2. The molecule has 1 aromatic heterocycles. The Morgan fingerprint density at radius 1 is 0.897 bits per heavy atom. The Balaban J connectivity index is 1.56. The fourth-order valence-electron chi connectivity index (χ4n) is 3.92. The van der Waals surface area contributed by atoms with Crippen LogP contribution in [0.2, 0.25) is 5.02 Å². The number of amides is 2. The van der Waals surface area contributed by atoms with E-state index in [9.17, 15) is 9.59 Å². The summed E-state index contributed by atoms with van der Waals surface area (Å²) in [6.45, 7) is 1.95. The highest BCUT2D eigenvalue weighted by Gasteiger charge is 2.61. The van der Waals surface area contributed by atoms with E-state index in [1.807, 2.05) is 19.1 Å². The summed E-state index contributed by atoms with van der Waals surface area (Å²) in [5.41, 5.74) is 2.28. The molecule has 146 valence electrons. The van der Waals surface area contributed by atoms with E-state index in [2.05, 4.69) is 0 Å². The molecule has 0 aliphatic carbocycles. The number of fused-ring (bicyclic) bond motifs is 1. The Kier molecular flexibility index (Phi) is 4.19. The lowest BCUT2D eigenvalue weighted by Crippen LogP contribution is -2.37. The molecule has 6 nitrogen and oxygen atoms in total. The van der Waals surface area contributed by atoms with Gasteiger partial charge in [0.15, 0.2) is 6.10 Å². The lowest BCUT2D eigenvalue weighted by atomic mass is 9.94. The summed E-state index contributed by atoms with van der Waals surface area (Å²) in [5.74, 6) is -0.844. The van der Waals surface area contributed by atoms with E-state index in [4.69, 9.17) is 20.9 Å². The number of rotatable bonds is 3. The number of aryl methyl sites for hydroxylation is 1. The van der Waals surface area contributed by atoms with Crippen LogP contribution in [0.4, 0.5) is 11.4 Å². The topological polar surface area (TPSA) is 63.0 Å². The molecule has 7 heteroatoms. The highest BCUT2D eigenvalue weighted by atomic mass is 35.5. The molecule has 3 aromatic rings. The van der Waals surface area contributed by atoms with Gasteiger partial charge < -0.3 is 4.42 Å². The van der Waals surface area contributed by atoms with Crippen molar-refractivity contribution in [2.45, 2.75) is 19.1 Å². The number of hydrogen-bond donors (Lipinski definition) is 0. The Labute approximate surface area is 172 Å². The summed E-state index contributed by atoms with van der Waals surface area (Å²) in [5, 5.41) is 2.16. The highest BCUT2D eigenvalue weighted by molar-refractivity contribution is 6.30. The van der Waals surface area contributed by atoms with Gasteiger partial charge in [-0.2, -0.15) is 0 Å². The molecular formula is C22H17ClN2O4. The maximum atomic E-state index is 13.4. The van der Waals surface area contributed by atoms with Gasteiger partial charge in [0.2, 0.25) is 5.91 Å². The van der Waals surface area contributed by atoms with Gasteiger partial charge in [-0.15, -0.1) is 0 Å².